The van der Waals surface area contributed by atoms with E-state index in [9.17, 15) is 13.6 Å². The Hall–Kier alpha value is -3.63. The van der Waals surface area contributed by atoms with Gasteiger partial charge >= 0.3 is 5.97 Å². The van der Waals surface area contributed by atoms with Crippen LogP contribution in [0.2, 0.25) is 0 Å². The Morgan fingerprint density at radius 1 is 1.14 bits per heavy atom. The van der Waals surface area contributed by atoms with Crippen LogP contribution in [0.3, 0.4) is 0 Å². The number of pyridine rings is 1. The van der Waals surface area contributed by atoms with Crippen LogP contribution >= 0.6 is 0 Å². The molecule has 2 aromatic carbocycles. The van der Waals surface area contributed by atoms with Crippen LogP contribution < -0.4 is 4.74 Å². The topological polar surface area (TPSA) is 101 Å². The molecule has 4 heterocycles. The summed E-state index contributed by atoms with van der Waals surface area (Å²) in [6.07, 6.45) is 3.01. The number of carboxylic acid groups (broad SMARTS) is 1. The molecule has 0 spiro atoms. The average molecular weight is 494 g/mol. The molecule has 186 valence electrons. The second-order valence-electron chi connectivity index (χ2n) is 9.38. The van der Waals surface area contributed by atoms with Crippen LogP contribution in [0, 0.1) is 11.6 Å². The summed E-state index contributed by atoms with van der Waals surface area (Å²) in [4.78, 5) is 17.8. The molecule has 10 heteroatoms. The van der Waals surface area contributed by atoms with Crippen molar-refractivity contribution in [1.82, 2.24) is 20.1 Å². The van der Waals surface area contributed by atoms with Crippen LogP contribution in [0.5, 0.6) is 5.88 Å². The molecule has 2 aromatic heterocycles. The van der Waals surface area contributed by atoms with Crippen LogP contribution in [0.1, 0.15) is 24.5 Å². The van der Waals surface area contributed by atoms with Crippen molar-refractivity contribution in [3.63, 3.8) is 0 Å². The van der Waals surface area contributed by atoms with E-state index >= 15 is 0 Å². The van der Waals surface area contributed by atoms with Gasteiger partial charge in [-0.3, -0.25) is 14.8 Å². The minimum atomic E-state index is -0.920. The number of nitrogens with one attached hydrogen (secondary N) is 1. The predicted octanol–water partition coefficient (Wildman–Crippen LogP) is 4.10. The van der Waals surface area contributed by atoms with E-state index in [1.54, 1.807) is 17.2 Å². The monoisotopic (exact) mass is 494 g/mol. The molecule has 8 nitrogen and oxygen atoms in total. The van der Waals surface area contributed by atoms with Crippen LogP contribution in [0.15, 0.2) is 36.5 Å². The zero-order chi connectivity index (χ0) is 24.8. The third kappa shape index (κ3) is 4.16. The molecule has 2 saturated heterocycles. The lowest BCUT2D eigenvalue weighted by atomic mass is 9.87. The molecule has 0 radical (unpaired) electrons. The molecule has 2 aliphatic rings. The van der Waals surface area contributed by atoms with Crippen molar-refractivity contribution < 1.29 is 28.2 Å². The van der Waals surface area contributed by atoms with Gasteiger partial charge in [0.05, 0.1) is 24.0 Å². The number of halogens is 2. The molecule has 4 aromatic rings. The van der Waals surface area contributed by atoms with E-state index in [1.807, 2.05) is 12.1 Å². The van der Waals surface area contributed by atoms with Gasteiger partial charge in [-0.15, -0.1) is 0 Å². The summed E-state index contributed by atoms with van der Waals surface area (Å²) in [6.45, 7) is 2.11. The molecular formula is C26H24F2N4O4. The van der Waals surface area contributed by atoms with Gasteiger partial charge in [-0.2, -0.15) is 5.10 Å². The standard InChI is InChI=1S/C26H24F2N4O4/c27-20-2-1-15(8-21(20)28)24-18-7-16-10-29-31-22(16)9-19(18)26(30-25(24)14-3-5-35-6-4-14)36-17-11-32(12-17)13-23(33)34/h1-2,7-10,14,17H,3-6,11-13H2,(H,29,31)(H,33,34). The fourth-order valence-electron chi connectivity index (χ4n) is 5.13. The number of carboxylic acids is 1. The fraction of sp³-hybridized carbons (Fsp3) is 0.346. The van der Waals surface area contributed by atoms with Crippen molar-refractivity contribution in [2.24, 2.45) is 0 Å². The fourth-order valence-corrected chi connectivity index (χ4v) is 5.13. The van der Waals surface area contributed by atoms with Crippen LogP contribution in [0.25, 0.3) is 32.8 Å². The number of ether oxygens (including phenoxy) is 2. The molecule has 36 heavy (non-hydrogen) atoms. The highest BCUT2D eigenvalue weighted by atomic mass is 19.2. The number of aromatic amines is 1. The Morgan fingerprint density at radius 3 is 2.69 bits per heavy atom. The summed E-state index contributed by atoms with van der Waals surface area (Å²) >= 11 is 0. The maximum absolute atomic E-state index is 14.4. The molecule has 0 bridgehead atoms. The first-order chi connectivity index (χ1) is 17.5. The number of hydrogen-bond acceptors (Lipinski definition) is 6. The van der Waals surface area contributed by atoms with Crippen molar-refractivity contribution in [3.05, 3.63) is 53.9 Å². The lowest BCUT2D eigenvalue weighted by molar-refractivity contribution is -0.140. The van der Waals surface area contributed by atoms with Crippen LogP contribution in [-0.4, -0.2) is 70.1 Å². The number of aliphatic carboxylic acids is 1. The first-order valence-electron chi connectivity index (χ1n) is 11.9. The van der Waals surface area contributed by atoms with Gasteiger partial charge in [-0.1, -0.05) is 6.07 Å². The zero-order valence-electron chi connectivity index (χ0n) is 19.3. The summed E-state index contributed by atoms with van der Waals surface area (Å²) < 4.78 is 40.1. The second kappa shape index (κ2) is 9.11. The quantitative estimate of drug-likeness (QED) is 0.416. The van der Waals surface area contributed by atoms with Crippen molar-refractivity contribution in [2.45, 2.75) is 24.9 Å². The maximum atomic E-state index is 14.4. The highest BCUT2D eigenvalue weighted by Crippen LogP contribution is 2.43. The zero-order valence-corrected chi connectivity index (χ0v) is 19.3. The summed E-state index contributed by atoms with van der Waals surface area (Å²) in [5, 5.41) is 18.6. The number of H-pyrrole nitrogens is 1. The molecule has 2 N–H and O–H groups in total. The van der Waals surface area contributed by atoms with E-state index in [1.165, 1.54) is 6.07 Å². The summed E-state index contributed by atoms with van der Waals surface area (Å²) in [5.74, 6) is -2.21. The number of aromatic nitrogens is 3. The normalized spacial score (nSPS) is 17.5. The molecule has 0 aliphatic carbocycles. The van der Waals surface area contributed by atoms with Crippen molar-refractivity contribution >= 4 is 27.6 Å². The second-order valence-corrected chi connectivity index (χ2v) is 9.38. The van der Waals surface area contributed by atoms with Gasteiger partial charge in [0.1, 0.15) is 6.10 Å². The van der Waals surface area contributed by atoms with Crippen LogP contribution in [-0.2, 0) is 9.53 Å². The first kappa shape index (κ1) is 22.8. The molecule has 0 amide bonds. The largest absolute Gasteiger partial charge is 0.480 e. The SMILES string of the molecule is O=C(O)CN1CC(Oc2nc(C3CCOCC3)c(-c3ccc(F)c(F)c3)c3cc4cn[nH]c4cc23)C1. The Bertz CT molecular complexity index is 1460. The third-order valence-corrected chi connectivity index (χ3v) is 6.93. The molecule has 0 unspecified atom stereocenters. The van der Waals surface area contributed by atoms with Crippen LogP contribution in [0.4, 0.5) is 8.78 Å². The molecule has 2 aliphatic heterocycles. The molecule has 0 atom stereocenters. The average Bonchev–Trinajstić information content (AvgIpc) is 3.31. The van der Waals surface area contributed by atoms with Gasteiger partial charge in [0, 0.05) is 48.6 Å². The summed E-state index contributed by atoms with van der Waals surface area (Å²) in [6, 6.07) is 7.80. The lowest BCUT2D eigenvalue weighted by Crippen LogP contribution is -2.55. The number of rotatable bonds is 6. The molecule has 0 saturated carbocycles. The van der Waals surface area contributed by atoms with Crippen molar-refractivity contribution in [2.75, 3.05) is 32.8 Å². The number of nitrogens with zero attached hydrogens (tertiary/aromatic N) is 3. The highest BCUT2D eigenvalue weighted by molar-refractivity contribution is 6.06. The minimum absolute atomic E-state index is 0.0365. The van der Waals surface area contributed by atoms with Gasteiger partial charge < -0.3 is 14.6 Å². The predicted molar refractivity (Wildman–Crippen MR) is 128 cm³/mol. The molecule has 6 rings (SSSR count). The van der Waals surface area contributed by atoms with E-state index in [-0.39, 0.29) is 18.6 Å². The van der Waals surface area contributed by atoms with Gasteiger partial charge in [-0.05, 0) is 48.1 Å². The Morgan fingerprint density at radius 2 is 1.94 bits per heavy atom. The molecule has 2 fully saturated rings. The number of fused-ring (bicyclic) bond motifs is 2. The van der Waals surface area contributed by atoms with Crippen molar-refractivity contribution in [1.29, 1.82) is 0 Å². The number of benzene rings is 2. The van der Waals surface area contributed by atoms with Gasteiger partial charge in [0.25, 0.3) is 0 Å². The van der Waals surface area contributed by atoms with E-state index < -0.39 is 17.6 Å². The van der Waals surface area contributed by atoms with E-state index in [2.05, 4.69) is 10.2 Å². The van der Waals surface area contributed by atoms with E-state index in [4.69, 9.17) is 19.6 Å². The van der Waals surface area contributed by atoms with E-state index in [0.717, 1.165) is 51.8 Å². The highest BCUT2D eigenvalue weighted by Gasteiger charge is 2.32. The smallest absolute Gasteiger partial charge is 0.317 e. The maximum Gasteiger partial charge on any atom is 0.317 e. The first-order valence-corrected chi connectivity index (χ1v) is 11.9. The Balaban J connectivity index is 1.52. The lowest BCUT2D eigenvalue weighted by Gasteiger charge is -2.38. The Kier molecular flexibility index (Phi) is 5.77. The number of likely N-dealkylation sites (tertiary alicyclic amines) is 1. The number of hydrogen-bond donors (Lipinski definition) is 2. The number of carbonyl (C=O) groups is 1. The molecular weight excluding hydrogens is 470 g/mol. The van der Waals surface area contributed by atoms with E-state index in [0.29, 0.717) is 37.7 Å². The summed E-state index contributed by atoms with van der Waals surface area (Å²) in [5.41, 5.74) is 2.84. The Labute approximate surface area is 204 Å². The summed E-state index contributed by atoms with van der Waals surface area (Å²) in [7, 11) is 0. The van der Waals surface area contributed by atoms with Gasteiger partial charge in [0.2, 0.25) is 5.88 Å². The van der Waals surface area contributed by atoms with Gasteiger partial charge in [0.15, 0.2) is 11.6 Å². The van der Waals surface area contributed by atoms with Gasteiger partial charge in [-0.25, -0.2) is 13.8 Å². The third-order valence-electron chi connectivity index (χ3n) is 6.93. The minimum Gasteiger partial charge on any atom is -0.480 e. The van der Waals surface area contributed by atoms with Crippen molar-refractivity contribution in [3.8, 4) is 17.0 Å².